The van der Waals surface area contributed by atoms with Crippen LogP contribution in [-0.2, 0) is 19.1 Å². The summed E-state index contributed by atoms with van der Waals surface area (Å²) in [6.07, 6.45) is 129. The number of unbranched alkanes of at least 4 members (excludes halogenated alkanes) is 41. The Morgan fingerprint density at radius 1 is 0.240 bits per heavy atom. The fourth-order valence-electron chi connectivity index (χ4n) is 11.8. The van der Waals surface area contributed by atoms with Crippen LogP contribution in [-0.4, -0.2) is 36.4 Å². The van der Waals surface area contributed by atoms with Crippen molar-refractivity contribution in [2.45, 2.75) is 392 Å². The van der Waals surface area contributed by atoms with Crippen molar-refractivity contribution in [2.24, 2.45) is 0 Å². The van der Waals surface area contributed by atoms with Gasteiger partial charge >= 0.3 is 11.9 Å². The summed E-state index contributed by atoms with van der Waals surface area (Å²) in [7, 11) is 0. The zero-order valence-corrected chi connectivity index (χ0v) is 63.1. The predicted molar refractivity (Wildman–Crippen MR) is 426 cm³/mol. The van der Waals surface area contributed by atoms with Gasteiger partial charge in [-0.15, -0.1) is 0 Å². The quantitative estimate of drug-likeness (QED) is 0.0373. The van der Waals surface area contributed by atoms with E-state index < -0.39 is 6.10 Å². The molecule has 0 saturated heterocycles. The Morgan fingerprint density at radius 3 is 0.625 bits per heavy atom. The normalized spacial score (nSPS) is 13.1. The van der Waals surface area contributed by atoms with Gasteiger partial charge < -0.3 is 14.6 Å². The summed E-state index contributed by atoms with van der Waals surface area (Å²) in [5.41, 5.74) is 0. The topological polar surface area (TPSA) is 72.8 Å². The molecule has 1 unspecified atom stereocenters. The molecule has 0 bridgehead atoms. The number of rotatable bonds is 75. The van der Waals surface area contributed by atoms with Gasteiger partial charge in [-0.25, -0.2) is 0 Å². The van der Waals surface area contributed by atoms with Gasteiger partial charge in [0.05, 0.1) is 6.61 Å². The van der Waals surface area contributed by atoms with E-state index in [9.17, 15) is 14.7 Å². The molecule has 96 heavy (non-hydrogen) atoms. The molecule has 548 valence electrons. The second kappa shape index (κ2) is 84.7. The largest absolute Gasteiger partial charge is 0.462 e. The summed E-state index contributed by atoms with van der Waals surface area (Å²) in [5, 5.41) is 9.74. The van der Waals surface area contributed by atoms with Gasteiger partial charge in [-0.1, -0.05) is 409 Å². The lowest BCUT2D eigenvalue weighted by molar-refractivity contribution is -0.161. The van der Waals surface area contributed by atoms with Crippen LogP contribution in [0.2, 0.25) is 0 Å². The summed E-state index contributed by atoms with van der Waals surface area (Å²) in [6, 6.07) is 0. The zero-order valence-electron chi connectivity index (χ0n) is 63.1. The summed E-state index contributed by atoms with van der Waals surface area (Å²) < 4.78 is 10.8. The first-order valence-corrected chi connectivity index (χ1v) is 41.0. The molecule has 0 aliphatic heterocycles. The van der Waals surface area contributed by atoms with Gasteiger partial charge in [-0.3, -0.25) is 9.59 Å². The van der Waals surface area contributed by atoms with Crippen molar-refractivity contribution in [3.8, 4) is 0 Å². The lowest BCUT2D eigenvalue weighted by atomic mass is 10.0. The van der Waals surface area contributed by atoms with Gasteiger partial charge in [0.25, 0.3) is 0 Å². The Bertz CT molecular complexity index is 2000. The van der Waals surface area contributed by atoms with Crippen molar-refractivity contribution < 1.29 is 24.2 Å². The molecule has 0 aromatic rings. The highest BCUT2D eigenvalue weighted by Crippen LogP contribution is 2.19. The second-order valence-corrected chi connectivity index (χ2v) is 27.1. The molecule has 0 spiro atoms. The van der Waals surface area contributed by atoms with Crippen LogP contribution in [0, 0.1) is 0 Å². The summed E-state index contributed by atoms with van der Waals surface area (Å²) in [5.74, 6) is -0.577. The van der Waals surface area contributed by atoms with Crippen LogP contribution in [0.3, 0.4) is 0 Å². The van der Waals surface area contributed by atoms with Gasteiger partial charge in [0.1, 0.15) is 6.61 Å². The van der Waals surface area contributed by atoms with Crippen LogP contribution in [0.25, 0.3) is 0 Å². The van der Waals surface area contributed by atoms with Crippen LogP contribution in [0.5, 0.6) is 0 Å². The minimum absolute atomic E-state index is 0.0665. The summed E-state index contributed by atoms with van der Waals surface area (Å²) in [6.45, 7) is 3.95. The predicted octanol–water partition coefficient (Wildman–Crippen LogP) is 29.3. The highest BCUT2D eigenvalue weighted by Gasteiger charge is 2.16. The number of carbonyl (C=O) groups is 2. The van der Waals surface area contributed by atoms with Crippen molar-refractivity contribution in [3.05, 3.63) is 158 Å². The van der Waals surface area contributed by atoms with E-state index in [2.05, 4.69) is 172 Å². The molecule has 0 aromatic heterocycles. The first kappa shape index (κ1) is 91.5. The first-order chi connectivity index (χ1) is 47.6. The molecule has 0 aliphatic rings. The minimum atomic E-state index is -0.779. The molecule has 1 N–H and O–H groups in total. The van der Waals surface area contributed by atoms with Crippen molar-refractivity contribution >= 4 is 11.9 Å². The standard InChI is InChI=1S/C91H154O5/c1-3-5-7-9-11-13-15-17-19-21-23-25-27-29-31-33-35-37-39-41-43-45-47-49-51-53-55-57-59-61-63-65-67-69-71-73-75-77-79-81-83-85-90(93)95-88-89(87-92)96-91(94)86-84-82-80-78-76-74-72-70-68-66-64-62-60-58-56-54-52-50-48-46-44-42-40-38-36-34-32-30-28-26-24-22-20-18-16-14-12-10-8-6-4-2/h5-8,11-14,17-20,23-26,29-32,36,38,42,44,48,50,89,92H,3-4,9-10,15-16,21-22,27-28,33-35,37,39-41,43,45-47,49,51-88H2,1-2H3/b7-5-,8-6-,13-11-,14-12-,19-17-,20-18-,25-23-,26-24-,31-29-,32-30-,38-36-,44-42-,50-48-. The number of ether oxygens (including phenoxy) is 2. The summed E-state index contributed by atoms with van der Waals surface area (Å²) in [4.78, 5) is 24.7. The lowest BCUT2D eigenvalue weighted by Crippen LogP contribution is -2.28. The maximum atomic E-state index is 12.4. The van der Waals surface area contributed by atoms with Gasteiger partial charge in [0, 0.05) is 12.8 Å². The Hall–Kier alpha value is -4.48. The van der Waals surface area contributed by atoms with Crippen molar-refractivity contribution in [3.63, 3.8) is 0 Å². The number of esters is 2. The number of aliphatic hydroxyl groups is 1. The van der Waals surface area contributed by atoms with Gasteiger partial charge in [0.15, 0.2) is 6.10 Å². The molecule has 0 rings (SSSR count). The number of carbonyl (C=O) groups excluding carboxylic acids is 2. The highest BCUT2D eigenvalue weighted by atomic mass is 16.6. The molecular formula is C91H154O5. The highest BCUT2D eigenvalue weighted by molar-refractivity contribution is 5.70. The van der Waals surface area contributed by atoms with E-state index in [-0.39, 0.29) is 25.2 Å². The Balaban J connectivity index is 3.44. The monoisotopic (exact) mass is 1330 g/mol. The molecular weight excluding hydrogens is 1170 g/mol. The van der Waals surface area contributed by atoms with E-state index >= 15 is 0 Å². The molecule has 1 atom stereocenters. The van der Waals surface area contributed by atoms with Crippen molar-refractivity contribution in [1.82, 2.24) is 0 Å². The number of allylic oxidation sites excluding steroid dienone is 26. The third-order valence-electron chi connectivity index (χ3n) is 17.8. The van der Waals surface area contributed by atoms with Crippen molar-refractivity contribution in [1.29, 1.82) is 0 Å². The third-order valence-corrected chi connectivity index (χ3v) is 17.8. The van der Waals surface area contributed by atoms with Crippen LogP contribution in [0.15, 0.2) is 158 Å². The molecule has 0 fully saturated rings. The zero-order chi connectivity index (χ0) is 69.0. The Morgan fingerprint density at radius 2 is 0.417 bits per heavy atom. The average molecular weight is 1330 g/mol. The lowest BCUT2D eigenvalue weighted by Gasteiger charge is -2.15. The van der Waals surface area contributed by atoms with Crippen LogP contribution in [0.4, 0.5) is 0 Å². The van der Waals surface area contributed by atoms with E-state index in [0.717, 1.165) is 122 Å². The molecule has 0 heterocycles. The van der Waals surface area contributed by atoms with Crippen LogP contribution in [0.1, 0.15) is 386 Å². The van der Waals surface area contributed by atoms with Crippen LogP contribution >= 0.6 is 0 Å². The molecule has 0 amide bonds. The Kier molecular flexibility index (Phi) is 80.8. The maximum absolute atomic E-state index is 12.4. The van der Waals surface area contributed by atoms with Crippen LogP contribution < -0.4 is 0 Å². The maximum Gasteiger partial charge on any atom is 0.306 e. The Labute approximate surface area is 596 Å². The van der Waals surface area contributed by atoms with Gasteiger partial charge in [-0.2, -0.15) is 0 Å². The molecule has 0 aliphatic carbocycles. The van der Waals surface area contributed by atoms with Gasteiger partial charge in [0.2, 0.25) is 0 Å². The number of hydrogen-bond acceptors (Lipinski definition) is 5. The van der Waals surface area contributed by atoms with E-state index in [1.807, 2.05) is 0 Å². The second-order valence-electron chi connectivity index (χ2n) is 27.1. The first-order valence-electron chi connectivity index (χ1n) is 41.0. The van der Waals surface area contributed by atoms with Gasteiger partial charge in [-0.05, 0) is 122 Å². The van der Waals surface area contributed by atoms with E-state index in [0.29, 0.717) is 12.8 Å². The number of hydrogen-bond donors (Lipinski definition) is 1. The molecule has 0 aromatic carbocycles. The average Bonchev–Trinajstić information content (AvgIpc) is 3.79. The van der Waals surface area contributed by atoms with E-state index in [1.54, 1.807) is 0 Å². The van der Waals surface area contributed by atoms with E-state index in [4.69, 9.17) is 9.47 Å². The molecule has 5 heteroatoms. The molecule has 5 nitrogen and oxygen atoms in total. The smallest absolute Gasteiger partial charge is 0.306 e. The molecule has 0 saturated carbocycles. The molecule has 0 radical (unpaired) electrons. The fourth-order valence-corrected chi connectivity index (χ4v) is 11.8. The number of aliphatic hydroxyl groups excluding tert-OH is 1. The summed E-state index contributed by atoms with van der Waals surface area (Å²) >= 11 is 0. The fraction of sp³-hybridized carbons (Fsp3) is 0.692. The minimum Gasteiger partial charge on any atom is -0.462 e. The third kappa shape index (κ3) is 81.9. The van der Waals surface area contributed by atoms with Crippen molar-refractivity contribution in [2.75, 3.05) is 13.2 Å². The SMILES string of the molecule is CC/C=C\C/C=C\C/C=C\C/C=C\C/C=C\C/C=C\C/C=C\C/C=C\CCCCCCCCCCCCCCCCCCC(=O)OC(CO)COC(=O)CCCCCCCCCCCCCCCCCCCCCCCCCCC/C=C\C/C=C\C/C=C\C/C=C\C/C=C\CC. The van der Waals surface area contributed by atoms with E-state index in [1.165, 1.54) is 238 Å².